The molecule has 0 bridgehead atoms. The molecule has 6 rings (SSSR count). The Balaban J connectivity index is 1.47. The minimum Gasteiger partial charge on any atom is -0.423 e. The second-order valence-electron chi connectivity index (χ2n) is 10.2. The third-order valence-electron chi connectivity index (χ3n) is 7.32. The number of para-hydroxylation sites is 2. The number of nitrogens with one attached hydrogen (secondary N) is 2. The summed E-state index contributed by atoms with van der Waals surface area (Å²) in [6.45, 7) is 3.64. The van der Waals surface area contributed by atoms with Gasteiger partial charge in [0.1, 0.15) is 5.75 Å². The molecular weight excluding hydrogens is 564 g/mol. The molecule has 9 heteroatoms. The van der Waals surface area contributed by atoms with Gasteiger partial charge < -0.3 is 4.74 Å². The number of carbonyl (C=O) groups excluding carboxylic acids is 1. The van der Waals surface area contributed by atoms with E-state index in [2.05, 4.69) is 10.2 Å². The van der Waals surface area contributed by atoms with E-state index >= 15 is 0 Å². The largest absolute Gasteiger partial charge is 0.423 e. The molecule has 0 radical (unpaired) electrons. The van der Waals surface area contributed by atoms with Gasteiger partial charge in [-0.15, -0.1) is 0 Å². The number of carbonyl (C=O) groups is 1. The van der Waals surface area contributed by atoms with Crippen LogP contribution < -0.4 is 15.9 Å². The Labute approximate surface area is 251 Å². The fourth-order valence-electron chi connectivity index (χ4n) is 5.30. The highest BCUT2D eigenvalue weighted by Gasteiger charge is 2.31. The van der Waals surface area contributed by atoms with Crippen LogP contribution in [0.25, 0.3) is 11.4 Å². The van der Waals surface area contributed by atoms with E-state index in [0.29, 0.717) is 55.8 Å². The molecule has 0 atom stereocenters. The lowest BCUT2D eigenvalue weighted by Crippen LogP contribution is -2.25. The quantitative estimate of drug-likeness (QED) is 0.168. The topological polar surface area (TPSA) is 102 Å². The highest BCUT2D eigenvalue weighted by atomic mass is 35.5. The molecule has 6 aromatic rings. The number of benzene rings is 4. The van der Waals surface area contributed by atoms with Crippen molar-refractivity contribution in [1.29, 1.82) is 0 Å². The van der Waals surface area contributed by atoms with Crippen LogP contribution in [0.5, 0.6) is 5.75 Å². The third kappa shape index (κ3) is 5.36. The number of hydrogen-bond donors (Lipinski definition) is 2. The summed E-state index contributed by atoms with van der Waals surface area (Å²) in [7, 11) is 0. The van der Waals surface area contributed by atoms with Crippen LogP contribution >= 0.6 is 11.6 Å². The van der Waals surface area contributed by atoms with Crippen LogP contribution in [-0.4, -0.2) is 25.5 Å². The van der Waals surface area contributed by atoms with Gasteiger partial charge in [0.25, 0.3) is 11.1 Å². The first-order chi connectivity index (χ1) is 20.8. The van der Waals surface area contributed by atoms with Crippen molar-refractivity contribution in [1.82, 2.24) is 19.6 Å². The summed E-state index contributed by atoms with van der Waals surface area (Å²) in [6.07, 6.45) is 0. The summed E-state index contributed by atoms with van der Waals surface area (Å²) in [4.78, 5) is 40.7. The van der Waals surface area contributed by atoms with Gasteiger partial charge >= 0.3 is 5.97 Å². The molecule has 0 aliphatic heterocycles. The van der Waals surface area contributed by atoms with Crippen LogP contribution in [0.3, 0.4) is 0 Å². The number of aromatic amines is 2. The number of esters is 1. The number of halogens is 1. The Kier molecular flexibility index (Phi) is 7.44. The van der Waals surface area contributed by atoms with Crippen molar-refractivity contribution in [2.45, 2.75) is 19.8 Å². The molecule has 0 saturated heterocycles. The van der Waals surface area contributed by atoms with Crippen LogP contribution in [0.1, 0.15) is 44.4 Å². The first-order valence-corrected chi connectivity index (χ1v) is 14.0. The summed E-state index contributed by atoms with van der Waals surface area (Å²) in [5.74, 6) is -0.959. The van der Waals surface area contributed by atoms with E-state index in [0.717, 1.165) is 0 Å². The first kappa shape index (κ1) is 27.8. The Bertz CT molecular complexity index is 1940. The van der Waals surface area contributed by atoms with E-state index in [9.17, 15) is 14.4 Å². The van der Waals surface area contributed by atoms with Crippen LogP contribution in [0.2, 0.25) is 5.02 Å². The second-order valence-corrected chi connectivity index (χ2v) is 10.6. The number of ether oxygens (including phenoxy) is 1. The average Bonchev–Trinajstić information content (AvgIpc) is 3.49. The van der Waals surface area contributed by atoms with Gasteiger partial charge in [-0.2, -0.15) is 0 Å². The van der Waals surface area contributed by atoms with Crippen molar-refractivity contribution in [3.05, 3.63) is 169 Å². The summed E-state index contributed by atoms with van der Waals surface area (Å²) >= 11 is 6.03. The van der Waals surface area contributed by atoms with Gasteiger partial charge in [-0.25, -0.2) is 14.2 Å². The van der Waals surface area contributed by atoms with Crippen molar-refractivity contribution < 1.29 is 9.53 Å². The lowest BCUT2D eigenvalue weighted by molar-refractivity contribution is 0.0734. The molecule has 0 unspecified atom stereocenters. The molecule has 2 heterocycles. The number of aromatic nitrogens is 4. The summed E-state index contributed by atoms with van der Waals surface area (Å²) < 4.78 is 8.54. The number of rotatable bonds is 7. The van der Waals surface area contributed by atoms with Gasteiger partial charge in [-0.3, -0.25) is 19.8 Å². The standard InChI is InChI=1S/C34H27ClN4O4/c1-21-29(32(40)38(36-21)26-12-5-3-6-13-26)31(30-22(2)37-39(33(30)41)27-14-7-4-8-15-27)23-16-18-28(19-17-23)43-34(42)24-10-9-11-25(35)20-24/h3-20,31,36-37H,1-2H3. The number of H-pyrrole nitrogens is 2. The van der Waals surface area contributed by atoms with Crippen molar-refractivity contribution >= 4 is 17.6 Å². The smallest absolute Gasteiger partial charge is 0.343 e. The van der Waals surface area contributed by atoms with E-state index in [1.165, 1.54) is 15.4 Å². The fourth-order valence-corrected chi connectivity index (χ4v) is 5.49. The maximum absolute atomic E-state index is 14.0. The van der Waals surface area contributed by atoms with Crippen molar-refractivity contribution in [2.24, 2.45) is 0 Å². The van der Waals surface area contributed by atoms with E-state index in [1.54, 1.807) is 42.5 Å². The van der Waals surface area contributed by atoms with Gasteiger partial charge in [0, 0.05) is 22.3 Å². The average molecular weight is 591 g/mol. The van der Waals surface area contributed by atoms with Crippen molar-refractivity contribution in [2.75, 3.05) is 0 Å². The molecule has 0 saturated carbocycles. The molecule has 8 nitrogen and oxygen atoms in total. The maximum Gasteiger partial charge on any atom is 0.343 e. The Morgan fingerprint density at radius 3 is 1.70 bits per heavy atom. The van der Waals surface area contributed by atoms with Crippen LogP contribution in [0.4, 0.5) is 0 Å². The van der Waals surface area contributed by atoms with Crippen LogP contribution in [-0.2, 0) is 0 Å². The fraction of sp³-hybridized carbons (Fsp3) is 0.0882. The molecule has 0 spiro atoms. The molecule has 2 N–H and O–H groups in total. The molecule has 214 valence electrons. The predicted octanol–water partition coefficient (Wildman–Crippen LogP) is 6.31. The molecule has 0 aliphatic carbocycles. The van der Waals surface area contributed by atoms with Gasteiger partial charge in [-0.05, 0) is 74.0 Å². The van der Waals surface area contributed by atoms with E-state index in [1.807, 2.05) is 74.5 Å². The highest BCUT2D eigenvalue weighted by Crippen LogP contribution is 2.33. The molecule has 2 aromatic heterocycles. The van der Waals surface area contributed by atoms with Crippen LogP contribution in [0.15, 0.2) is 119 Å². The zero-order valence-corrected chi connectivity index (χ0v) is 24.1. The highest BCUT2D eigenvalue weighted by molar-refractivity contribution is 6.30. The zero-order chi connectivity index (χ0) is 30.1. The van der Waals surface area contributed by atoms with Gasteiger partial charge in [0.2, 0.25) is 0 Å². The van der Waals surface area contributed by atoms with Gasteiger partial charge in [-0.1, -0.05) is 66.2 Å². The maximum atomic E-state index is 14.0. The molecular formula is C34H27ClN4O4. The summed E-state index contributed by atoms with van der Waals surface area (Å²) in [6, 6.07) is 31.9. The first-order valence-electron chi connectivity index (χ1n) is 13.6. The molecule has 43 heavy (non-hydrogen) atoms. The molecule has 4 aromatic carbocycles. The molecule has 0 fully saturated rings. The Hall–Kier alpha value is -5.34. The summed E-state index contributed by atoms with van der Waals surface area (Å²) in [5.41, 5.74) is 3.95. The van der Waals surface area contributed by atoms with E-state index in [-0.39, 0.29) is 11.1 Å². The monoisotopic (exact) mass is 590 g/mol. The Morgan fingerprint density at radius 2 is 1.21 bits per heavy atom. The van der Waals surface area contributed by atoms with Crippen LogP contribution in [0, 0.1) is 13.8 Å². The molecule has 0 aliphatic rings. The van der Waals surface area contributed by atoms with E-state index < -0.39 is 11.9 Å². The minimum atomic E-state index is -0.722. The lowest BCUT2D eigenvalue weighted by Gasteiger charge is -2.16. The number of nitrogens with zero attached hydrogens (tertiary/aromatic N) is 2. The van der Waals surface area contributed by atoms with Gasteiger partial charge in [0.15, 0.2) is 0 Å². The summed E-state index contributed by atoms with van der Waals surface area (Å²) in [5, 5.41) is 6.81. The SMILES string of the molecule is Cc1[nH]n(-c2ccccc2)c(=O)c1C(c1ccc(OC(=O)c2cccc(Cl)c2)cc1)c1c(C)[nH]n(-c2ccccc2)c1=O. The minimum absolute atomic E-state index is 0.267. The number of hydrogen-bond acceptors (Lipinski definition) is 4. The van der Waals surface area contributed by atoms with Crippen molar-refractivity contribution in [3.8, 4) is 17.1 Å². The number of aryl methyl sites for hydroxylation is 2. The second kappa shape index (κ2) is 11.5. The van der Waals surface area contributed by atoms with E-state index in [4.69, 9.17) is 16.3 Å². The zero-order valence-electron chi connectivity index (χ0n) is 23.4. The van der Waals surface area contributed by atoms with Gasteiger partial charge in [0.05, 0.1) is 28.1 Å². The Morgan fingerprint density at radius 1 is 0.698 bits per heavy atom. The normalized spacial score (nSPS) is 11.2. The lowest BCUT2D eigenvalue weighted by atomic mass is 9.85. The molecule has 0 amide bonds. The predicted molar refractivity (Wildman–Crippen MR) is 166 cm³/mol. The third-order valence-corrected chi connectivity index (χ3v) is 7.56. The van der Waals surface area contributed by atoms with Crippen molar-refractivity contribution in [3.63, 3.8) is 0 Å².